The molecule has 0 amide bonds. The molecule has 296 valence electrons. The van der Waals surface area contributed by atoms with Crippen LogP contribution in [0.1, 0.15) is 129 Å². The summed E-state index contributed by atoms with van der Waals surface area (Å²) in [6.07, 6.45) is 7.36. The highest BCUT2D eigenvalue weighted by molar-refractivity contribution is 6.09. The van der Waals surface area contributed by atoms with Crippen LogP contribution in [0, 0.1) is 5.92 Å². The molecular weight excluding hydrogens is 697 g/mol. The van der Waals surface area contributed by atoms with Crippen LogP contribution in [0.3, 0.4) is 0 Å². The van der Waals surface area contributed by atoms with Crippen LogP contribution in [0.5, 0.6) is 11.5 Å². The molecule has 0 radical (unpaired) electrons. The van der Waals surface area contributed by atoms with E-state index in [1.165, 1.54) is 63.5 Å². The quantitative estimate of drug-likeness (QED) is 0.125. The van der Waals surface area contributed by atoms with Crippen molar-refractivity contribution in [2.75, 3.05) is 0 Å². The largest absolute Gasteiger partial charge is 0.457 e. The summed E-state index contributed by atoms with van der Waals surface area (Å²) >= 11 is 0. The second-order valence-electron chi connectivity index (χ2n) is 18.5. The lowest BCUT2D eigenvalue weighted by Crippen LogP contribution is -2.13. The number of nitrogens with zero attached hydrogens (tertiary/aromatic N) is 4. The lowest BCUT2D eigenvalue weighted by Gasteiger charge is -2.22. The van der Waals surface area contributed by atoms with Gasteiger partial charge in [-0.2, -0.15) is 5.10 Å². The Bertz CT molecular complexity index is 2500. The van der Waals surface area contributed by atoms with Gasteiger partial charge in [-0.3, -0.25) is 4.57 Å². The predicted molar refractivity (Wildman–Crippen MR) is 241 cm³/mol. The lowest BCUT2D eigenvalue weighted by atomic mass is 9.86. The first-order chi connectivity index (χ1) is 27.2. The molecule has 5 nitrogen and oxygen atoms in total. The summed E-state index contributed by atoms with van der Waals surface area (Å²) in [6.45, 7) is 25.0. The fourth-order valence-electron chi connectivity index (χ4n) is 8.20. The molecule has 0 aliphatic heterocycles. The number of hydrogen-bond acceptors (Lipinski definition) is 3. The third-order valence-electron chi connectivity index (χ3n) is 11.6. The van der Waals surface area contributed by atoms with Gasteiger partial charge in [0.1, 0.15) is 17.3 Å². The van der Waals surface area contributed by atoms with E-state index in [2.05, 4.69) is 182 Å². The highest BCUT2D eigenvalue weighted by Crippen LogP contribution is 2.40. The summed E-state index contributed by atoms with van der Waals surface area (Å²) < 4.78 is 11.4. The van der Waals surface area contributed by atoms with Crippen LogP contribution in [0.25, 0.3) is 44.4 Å². The van der Waals surface area contributed by atoms with Gasteiger partial charge in [0.2, 0.25) is 0 Å². The van der Waals surface area contributed by atoms with Crippen molar-refractivity contribution in [3.8, 4) is 34.1 Å². The smallest absolute Gasteiger partial charge is 0.137 e. The number of fused-ring (bicyclic) bond motifs is 3. The van der Waals surface area contributed by atoms with Crippen LogP contribution in [-0.2, 0) is 23.7 Å². The van der Waals surface area contributed by atoms with Crippen molar-refractivity contribution in [1.82, 2.24) is 19.3 Å². The van der Waals surface area contributed by atoms with Crippen molar-refractivity contribution in [3.63, 3.8) is 0 Å². The van der Waals surface area contributed by atoms with E-state index >= 15 is 0 Å². The Hall–Kier alpha value is -5.16. The van der Waals surface area contributed by atoms with E-state index in [9.17, 15) is 0 Å². The van der Waals surface area contributed by atoms with Crippen molar-refractivity contribution in [1.29, 1.82) is 0 Å². The Labute approximate surface area is 341 Å². The molecule has 7 rings (SSSR count). The van der Waals surface area contributed by atoms with Crippen LogP contribution < -0.4 is 4.74 Å². The summed E-state index contributed by atoms with van der Waals surface area (Å²) in [6, 6.07) is 35.3. The van der Waals surface area contributed by atoms with Gasteiger partial charge in [0, 0.05) is 34.7 Å². The molecule has 0 aliphatic carbocycles. The standard InChI is InChI=1S/C52H62N4O/c1-12-45-50(36-20-15-14-16-21-36)46(13-2)56(54-45)40-29-39(52(9,10)11)30-42(32-40)57-41-23-24-43-44-28-37(35(5)19-17-18-34(3)4)22-25-47(44)55(48(43)33-41)49-31-38(26-27-53-49)51(6,7)8/h14-16,20-35H,12-13,17-19H2,1-11H3. The van der Waals surface area contributed by atoms with Crippen LogP contribution in [0.2, 0.25) is 0 Å². The fourth-order valence-corrected chi connectivity index (χ4v) is 8.20. The zero-order valence-electron chi connectivity index (χ0n) is 36.2. The molecule has 1 unspecified atom stereocenters. The van der Waals surface area contributed by atoms with E-state index in [-0.39, 0.29) is 10.8 Å². The maximum atomic E-state index is 6.92. The normalized spacial score (nSPS) is 12.9. The van der Waals surface area contributed by atoms with Crippen LogP contribution in [0.4, 0.5) is 0 Å². The molecule has 7 aromatic rings. The average Bonchev–Trinajstić information content (AvgIpc) is 3.72. The van der Waals surface area contributed by atoms with E-state index < -0.39 is 0 Å². The minimum absolute atomic E-state index is 0.00887. The average molecular weight is 759 g/mol. The third kappa shape index (κ3) is 8.30. The Morgan fingerprint density at radius 1 is 0.667 bits per heavy atom. The number of pyridine rings is 1. The highest BCUT2D eigenvalue weighted by Gasteiger charge is 2.23. The number of aryl methyl sites for hydroxylation is 1. The van der Waals surface area contributed by atoms with Crippen molar-refractivity contribution >= 4 is 21.8 Å². The SMILES string of the molecule is CCc1nn(-c2cc(Oc3ccc4c5cc(C(C)CCCC(C)C)ccc5n(-c5cc(C(C)(C)C)ccn5)c4c3)cc(C(C)(C)C)c2)c(CC)c1-c1ccccc1. The van der Waals surface area contributed by atoms with E-state index in [0.29, 0.717) is 5.92 Å². The van der Waals surface area contributed by atoms with Crippen LogP contribution in [0.15, 0.2) is 103 Å². The fraction of sp³-hybridized carbons (Fsp3) is 0.385. The Balaban J connectivity index is 1.36. The number of aromatic nitrogens is 4. The first-order valence-electron chi connectivity index (χ1n) is 21.2. The molecule has 0 N–H and O–H groups in total. The summed E-state index contributed by atoms with van der Waals surface area (Å²) in [7, 11) is 0. The molecule has 5 heteroatoms. The number of hydrogen-bond donors (Lipinski definition) is 0. The summed E-state index contributed by atoms with van der Waals surface area (Å²) in [5.41, 5.74) is 11.7. The second-order valence-corrected chi connectivity index (χ2v) is 18.5. The van der Waals surface area contributed by atoms with Gasteiger partial charge in [0.05, 0.1) is 28.1 Å². The van der Waals surface area contributed by atoms with Gasteiger partial charge >= 0.3 is 0 Å². The topological polar surface area (TPSA) is 44.9 Å². The lowest BCUT2D eigenvalue weighted by molar-refractivity contribution is 0.478. The molecule has 0 saturated heterocycles. The van der Waals surface area contributed by atoms with Gasteiger partial charge in [-0.15, -0.1) is 0 Å². The van der Waals surface area contributed by atoms with Gasteiger partial charge in [-0.05, 0) is 113 Å². The molecule has 0 bridgehead atoms. The molecule has 0 spiro atoms. The van der Waals surface area contributed by atoms with E-state index in [1.54, 1.807) is 0 Å². The predicted octanol–water partition coefficient (Wildman–Crippen LogP) is 14.5. The van der Waals surface area contributed by atoms with Crippen LogP contribution >= 0.6 is 0 Å². The van der Waals surface area contributed by atoms with Crippen LogP contribution in [-0.4, -0.2) is 19.3 Å². The zero-order valence-corrected chi connectivity index (χ0v) is 36.2. The molecule has 3 heterocycles. The van der Waals surface area contributed by atoms with E-state index in [0.717, 1.165) is 58.5 Å². The number of rotatable bonds is 12. The molecule has 0 aliphatic rings. The minimum Gasteiger partial charge on any atom is -0.457 e. The van der Waals surface area contributed by atoms with Gasteiger partial charge in [-0.1, -0.05) is 125 Å². The molecule has 3 aromatic heterocycles. The summed E-state index contributed by atoms with van der Waals surface area (Å²) in [5.74, 6) is 3.71. The van der Waals surface area contributed by atoms with Crippen molar-refractivity contribution in [2.45, 2.75) is 125 Å². The molecule has 57 heavy (non-hydrogen) atoms. The molecule has 4 aromatic carbocycles. The van der Waals surface area contributed by atoms with Gasteiger partial charge in [0.15, 0.2) is 0 Å². The maximum Gasteiger partial charge on any atom is 0.137 e. The van der Waals surface area contributed by atoms with Gasteiger partial charge in [-0.25, -0.2) is 9.67 Å². The highest BCUT2D eigenvalue weighted by atomic mass is 16.5. The van der Waals surface area contributed by atoms with Gasteiger partial charge < -0.3 is 4.74 Å². The Morgan fingerprint density at radius 3 is 2.11 bits per heavy atom. The number of benzene rings is 4. The number of ether oxygens (including phenoxy) is 1. The molecule has 1 atom stereocenters. The van der Waals surface area contributed by atoms with E-state index in [4.69, 9.17) is 14.8 Å². The van der Waals surface area contributed by atoms with Crippen molar-refractivity contribution in [3.05, 3.63) is 131 Å². The molecular formula is C52H62N4O. The molecule has 0 fully saturated rings. The Morgan fingerprint density at radius 2 is 1.42 bits per heavy atom. The van der Waals surface area contributed by atoms with Gasteiger partial charge in [0.25, 0.3) is 0 Å². The second kappa shape index (κ2) is 16.0. The third-order valence-corrected chi connectivity index (χ3v) is 11.6. The Kier molecular flexibility index (Phi) is 11.2. The monoisotopic (exact) mass is 758 g/mol. The summed E-state index contributed by atoms with van der Waals surface area (Å²) in [5, 5.41) is 7.69. The first kappa shape index (κ1) is 40.1. The van der Waals surface area contributed by atoms with E-state index in [1.807, 2.05) is 6.20 Å². The molecule has 0 saturated carbocycles. The first-order valence-corrected chi connectivity index (χ1v) is 21.2. The maximum absolute atomic E-state index is 6.92. The summed E-state index contributed by atoms with van der Waals surface area (Å²) in [4.78, 5) is 4.97. The van der Waals surface area contributed by atoms with Crippen molar-refractivity contribution in [2.24, 2.45) is 5.92 Å². The van der Waals surface area contributed by atoms with Crippen molar-refractivity contribution < 1.29 is 4.74 Å². The minimum atomic E-state index is -0.104. The zero-order chi connectivity index (χ0) is 40.6.